The lowest BCUT2D eigenvalue weighted by Crippen LogP contribution is -2.39. The largest absolute Gasteiger partial charge is 0.492 e. The summed E-state index contributed by atoms with van der Waals surface area (Å²) in [5.41, 5.74) is 1.08. The number of carbonyl (C=O) groups excluding carboxylic acids is 1. The minimum absolute atomic E-state index is 0.108. The predicted molar refractivity (Wildman–Crippen MR) is 90.6 cm³/mol. The van der Waals surface area contributed by atoms with Crippen molar-refractivity contribution in [3.8, 4) is 5.75 Å². The standard InChI is InChI=1S/C17H20N2O4S/c1-13-6-5-7-15(12-13)23-11-10-19-17(20)14(2)24(21,22)16-8-3-4-9-18-16/h3-9,12,14H,10-11H2,1-2H3,(H,19,20)/t14-/m0/s1. The van der Waals surface area contributed by atoms with E-state index in [4.69, 9.17) is 4.74 Å². The minimum atomic E-state index is -3.80. The number of carbonyl (C=O) groups is 1. The highest BCUT2D eigenvalue weighted by atomic mass is 32.2. The summed E-state index contributed by atoms with van der Waals surface area (Å²) in [4.78, 5) is 15.9. The quantitative estimate of drug-likeness (QED) is 0.771. The molecule has 1 aromatic carbocycles. The van der Waals surface area contributed by atoms with E-state index in [1.165, 1.54) is 19.2 Å². The average molecular weight is 348 g/mol. The number of ether oxygens (including phenoxy) is 1. The van der Waals surface area contributed by atoms with Crippen molar-refractivity contribution < 1.29 is 17.9 Å². The zero-order valence-electron chi connectivity index (χ0n) is 13.6. The number of amides is 1. The molecule has 0 fully saturated rings. The van der Waals surface area contributed by atoms with Crippen LogP contribution in [0.2, 0.25) is 0 Å². The molecule has 0 spiro atoms. The molecule has 1 amide bonds. The molecule has 2 aromatic rings. The number of rotatable bonds is 7. The lowest BCUT2D eigenvalue weighted by molar-refractivity contribution is -0.120. The lowest BCUT2D eigenvalue weighted by Gasteiger charge is -2.13. The first-order valence-corrected chi connectivity index (χ1v) is 9.08. The highest BCUT2D eigenvalue weighted by Gasteiger charge is 2.30. The fourth-order valence-corrected chi connectivity index (χ4v) is 3.23. The Hall–Kier alpha value is -2.41. The smallest absolute Gasteiger partial charge is 0.238 e. The van der Waals surface area contributed by atoms with Crippen LogP contribution in [0.3, 0.4) is 0 Å². The number of sulfone groups is 1. The van der Waals surface area contributed by atoms with E-state index in [1.54, 1.807) is 12.1 Å². The molecular formula is C17H20N2O4S. The highest BCUT2D eigenvalue weighted by Crippen LogP contribution is 2.13. The normalized spacial score (nSPS) is 12.4. The van der Waals surface area contributed by atoms with Gasteiger partial charge in [-0.1, -0.05) is 18.2 Å². The van der Waals surface area contributed by atoms with Crippen molar-refractivity contribution >= 4 is 15.7 Å². The Morgan fingerprint density at radius 2 is 2.04 bits per heavy atom. The minimum Gasteiger partial charge on any atom is -0.492 e. The maximum atomic E-state index is 12.3. The van der Waals surface area contributed by atoms with Crippen LogP contribution in [-0.4, -0.2) is 37.7 Å². The van der Waals surface area contributed by atoms with E-state index in [0.717, 1.165) is 5.56 Å². The first-order chi connectivity index (χ1) is 11.4. The van der Waals surface area contributed by atoms with Gasteiger partial charge in [-0.2, -0.15) is 0 Å². The summed E-state index contributed by atoms with van der Waals surface area (Å²) >= 11 is 0. The molecule has 1 N–H and O–H groups in total. The Labute approximate surface area is 141 Å². The van der Waals surface area contributed by atoms with Crippen LogP contribution in [0.5, 0.6) is 5.75 Å². The third-order valence-corrected chi connectivity index (χ3v) is 5.39. The van der Waals surface area contributed by atoms with Gasteiger partial charge in [0.15, 0.2) is 5.03 Å². The molecule has 1 atom stereocenters. The number of hydrogen-bond donors (Lipinski definition) is 1. The van der Waals surface area contributed by atoms with Crippen LogP contribution in [0, 0.1) is 6.92 Å². The van der Waals surface area contributed by atoms with E-state index < -0.39 is 21.0 Å². The van der Waals surface area contributed by atoms with Gasteiger partial charge in [0.1, 0.15) is 17.6 Å². The zero-order valence-corrected chi connectivity index (χ0v) is 14.4. The third-order valence-electron chi connectivity index (χ3n) is 3.42. The Morgan fingerprint density at radius 3 is 2.71 bits per heavy atom. The number of pyridine rings is 1. The number of benzene rings is 1. The van der Waals surface area contributed by atoms with E-state index >= 15 is 0 Å². The fraction of sp³-hybridized carbons (Fsp3) is 0.294. The molecule has 128 valence electrons. The van der Waals surface area contributed by atoms with Crippen molar-refractivity contribution in [3.63, 3.8) is 0 Å². The summed E-state index contributed by atoms with van der Waals surface area (Å²) in [5, 5.41) is 1.25. The van der Waals surface area contributed by atoms with Crippen molar-refractivity contribution in [1.29, 1.82) is 0 Å². The highest BCUT2D eigenvalue weighted by molar-refractivity contribution is 7.92. The van der Waals surface area contributed by atoms with E-state index in [1.807, 2.05) is 31.2 Å². The SMILES string of the molecule is Cc1cccc(OCCNC(=O)[C@H](C)S(=O)(=O)c2ccccn2)c1. The van der Waals surface area contributed by atoms with E-state index in [-0.39, 0.29) is 18.2 Å². The average Bonchev–Trinajstić information content (AvgIpc) is 2.58. The molecule has 0 bridgehead atoms. The van der Waals surface area contributed by atoms with Gasteiger partial charge in [-0.3, -0.25) is 4.79 Å². The Morgan fingerprint density at radius 1 is 1.25 bits per heavy atom. The van der Waals surface area contributed by atoms with E-state index in [2.05, 4.69) is 10.3 Å². The first kappa shape index (κ1) is 17.9. The van der Waals surface area contributed by atoms with Gasteiger partial charge >= 0.3 is 0 Å². The van der Waals surface area contributed by atoms with Crippen LogP contribution in [-0.2, 0) is 14.6 Å². The van der Waals surface area contributed by atoms with Crippen molar-refractivity contribution in [1.82, 2.24) is 10.3 Å². The molecule has 0 radical (unpaired) electrons. The molecule has 1 heterocycles. The van der Waals surface area contributed by atoms with Crippen molar-refractivity contribution in [3.05, 3.63) is 54.2 Å². The molecule has 0 saturated heterocycles. The second-order valence-corrected chi connectivity index (χ2v) is 7.53. The lowest BCUT2D eigenvalue weighted by atomic mass is 10.2. The molecule has 24 heavy (non-hydrogen) atoms. The fourth-order valence-electron chi connectivity index (χ4n) is 2.03. The van der Waals surface area contributed by atoms with E-state index in [9.17, 15) is 13.2 Å². The third kappa shape index (κ3) is 4.55. The van der Waals surface area contributed by atoms with Gasteiger partial charge in [0, 0.05) is 6.20 Å². The predicted octanol–water partition coefficient (Wildman–Crippen LogP) is 1.75. The van der Waals surface area contributed by atoms with Crippen LogP contribution in [0.1, 0.15) is 12.5 Å². The van der Waals surface area contributed by atoms with Crippen molar-refractivity contribution in [2.45, 2.75) is 24.1 Å². The van der Waals surface area contributed by atoms with Crippen molar-refractivity contribution in [2.24, 2.45) is 0 Å². The topological polar surface area (TPSA) is 85.4 Å². The molecular weight excluding hydrogens is 328 g/mol. The van der Waals surface area contributed by atoms with Crippen LogP contribution < -0.4 is 10.1 Å². The van der Waals surface area contributed by atoms with Gasteiger partial charge in [0.05, 0.1) is 6.54 Å². The molecule has 6 nitrogen and oxygen atoms in total. The van der Waals surface area contributed by atoms with Gasteiger partial charge in [-0.15, -0.1) is 0 Å². The van der Waals surface area contributed by atoms with Gasteiger partial charge in [-0.05, 0) is 43.7 Å². The van der Waals surface area contributed by atoms with Gasteiger partial charge in [0.25, 0.3) is 0 Å². The molecule has 0 saturated carbocycles. The Kier molecular flexibility index (Phi) is 5.92. The second kappa shape index (κ2) is 7.92. The number of hydrogen-bond acceptors (Lipinski definition) is 5. The van der Waals surface area contributed by atoms with Crippen LogP contribution >= 0.6 is 0 Å². The molecule has 0 aliphatic heterocycles. The summed E-state index contributed by atoms with van der Waals surface area (Å²) in [5.74, 6) is 0.131. The molecule has 7 heteroatoms. The maximum absolute atomic E-state index is 12.3. The summed E-state index contributed by atoms with van der Waals surface area (Å²) in [6.07, 6.45) is 1.38. The Bertz CT molecular complexity index is 791. The van der Waals surface area contributed by atoms with Crippen LogP contribution in [0.4, 0.5) is 0 Å². The molecule has 2 rings (SSSR count). The van der Waals surface area contributed by atoms with Crippen molar-refractivity contribution in [2.75, 3.05) is 13.2 Å². The maximum Gasteiger partial charge on any atom is 0.238 e. The number of aryl methyl sites for hydroxylation is 1. The summed E-state index contributed by atoms with van der Waals surface area (Å²) in [7, 11) is -3.80. The Balaban J connectivity index is 1.86. The summed E-state index contributed by atoms with van der Waals surface area (Å²) < 4.78 is 30.1. The molecule has 0 aliphatic carbocycles. The number of nitrogens with one attached hydrogen (secondary N) is 1. The first-order valence-electron chi connectivity index (χ1n) is 7.53. The molecule has 0 unspecified atom stereocenters. The molecule has 1 aromatic heterocycles. The van der Waals surface area contributed by atoms with Crippen LogP contribution in [0.15, 0.2) is 53.7 Å². The van der Waals surface area contributed by atoms with Gasteiger partial charge in [-0.25, -0.2) is 13.4 Å². The van der Waals surface area contributed by atoms with E-state index in [0.29, 0.717) is 5.75 Å². The number of nitrogens with zero attached hydrogens (tertiary/aromatic N) is 1. The monoisotopic (exact) mass is 348 g/mol. The second-order valence-electron chi connectivity index (χ2n) is 5.31. The van der Waals surface area contributed by atoms with Gasteiger partial charge in [0.2, 0.25) is 15.7 Å². The van der Waals surface area contributed by atoms with Crippen LogP contribution in [0.25, 0.3) is 0 Å². The number of aromatic nitrogens is 1. The van der Waals surface area contributed by atoms with Gasteiger partial charge < -0.3 is 10.1 Å². The molecule has 0 aliphatic rings. The summed E-state index contributed by atoms with van der Waals surface area (Å²) in [6, 6.07) is 12.1. The zero-order chi connectivity index (χ0) is 17.6. The summed E-state index contributed by atoms with van der Waals surface area (Å²) in [6.45, 7) is 3.78.